The molecule has 2 aliphatic heterocycles. The maximum atomic E-state index is 12.2. The molecule has 2 unspecified atom stereocenters. The van der Waals surface area contributed by atoms with Gasteiger partial charge < -0.3 is 14.9 Å². The molecule has 17 heavy (non-hydrogen) atoms. The van der Waals surface area contributed by atoms with E-state index in [1.165, 1.54) is 11.3 Å². The fourth-order valence-corrected chi connectivity index (χ4v) is 2.60. The average Bonchev–Trinajstić information content (AvgIpc) is 2.68. The number of hydrogen-bond donors (Lipinski definition) is 1. The molecule has 2 saturated heterocycles. The molecule has 2 fully saturated rings. The van der Waals surface area contributed by atoms with Crippen LogP contribution in [0, 0.1) is 0 Å². The number of carbonyl (C=O) groups excluding carboxylic acids is 2. The first-order valence-electron chi connectivity index (χ1n) is 6.36. The Kier molecular flexibility index (Phi) is 3.66. The van der Waals surface area contributed by atoms with Gasteiger partial charge in [0.2, 0.25) is 11.8 Å². The minimum absolute atomic E-state index is 0.0205. The maximum absolute atomic E-state index is 12.2. The predicted molar refractivity (Wildman–Crippen MR) is 62.2 cm³/mol. The summed E-state index contributed by atoms with van der Waals surface area (Å²) in [6.07, 6.45) is 2.82. The predicted octanol–water partition coefficient (Wildman–Crippen LogP) is -0.0194. The highest BCUT2D eigenvalue weighted by Gasteiger charge is 2.36. The van der Waals surface area contributed by atoms with Gasteiger partial charge in [-0.3, -0.25) is 9.59 Å². The van der Waals surface area contributed by atoms with Gasteiger partial charge in [0.25, 0.3) is 0 Å². The number of rotatable bonds is 2. The molecule has 0 spiro atoms. The minimum Gasteiger partial charge on any atom is -0.391 e. The van der Waals surface area contributed by atoms with Crippen LogP contribution in [-0.4, -0.2) is 58.5 Å². The molecule has 5 heteroatoms. The van der Waals surface area contributed by atoms with Crippen molar-refractivity contribution in [3.8, 4) is 0 Å². The van der Waals surface area contributed by atoms with Crippen molar-refractivity contribution in [3.63, 3.8) is 0 Å². The second kappa shape index (κ2) is 5.04. The molecule has 0 aromatic carbocycles. The number of nitrogens with zero attached hydrogens (tertiary/aromatic N) is 2. The van der Waals surface area contributed by atoms with Crippen LogP contribution < -0.4 is 0 Å². The van der Waals surface area contributed by atoms with Crippen molar-refractivity contribution in [2.75, 3.05) is 19.6 Å². The fraction of sp³-hybridized carbons (Fsp3) is 0.833. The van der Waals surface area contributed by atoms with E-state index in [1.54, 1.807) is 6.92 Å². The fourth-order valence-electron chi connectivity index (χ4n) is 2.60. The van der Waals surface area contributed by atoms with Gasteiger partial charge in [0, 0.05) is 19.6 Å². The molecule has 2 amide bonds. The van der Waals surface area contributed by atoms with Crippen molar-refractivity contribution >= 4 is 11.8 Å². The molecule has 0 aromatic heterocycles. The molecule has 2 atom stereocenters. The summed E-state index contributed by atoms with van der Waals surface area (Å²) in [6.45, 7) is 3.65. The van der Waals surface area contributed by atoms with Crippen LogP contribution in [0.15, 0.2) is 0 Å². The summed E-state index contributed by atoms with van der Waals surface area (Å²) < 4.78 is 0. The molecule has 0 bridgehead atoms. The van der Waals surface area contributed by atoms with Gasteiger partial charge in [-0.1, -0.05) is 0 Å². The number of aliphatic hydroxyl groups is 1. The molecule has 2 heterocycles. The molecule has 0 aromatic rings. The van der Waals surface area contributed by atoms with Gasteiger partial charge in [0.1, 0.15) is 6.04 Å². The highest BCUT2D eigenvalue weighted by atomic mass is 16.3. The van der Waals surface area contributed by atoms with Crippen LogP contribution in [0.1, 0.15) is 32.6 Å². The summed E-state index contributed by atoms with van der Waals surface area (Å²) >= 11 is 0. The third kappa shape index (κ3) is 2.60. The van der Waals surface area contributed by atoms with Gasteiger partial charge in [-0.15, -0.1) is 0 Å². The number of hydrogen-bond acceptors (Lipinski definition) is 3. The summed E-state index contributed by atoms with van der Waals surface area (Å²) in [5, 5.41) is 9.42. The molecule has 0 radical (unpaired) electrons. The lowest BCUT2D eigenvalue weighted by atomic mass is 10.1. The average molecular weight is 240 g/mol. The van der Waals surface area contributed by atoms with E-state index in [0.29, 0.717) is 6.54 Å². The van der Waals surface area contributed by atoms with E-state index < -0.39 is 12.1 Å². The van der Waals surface area contributed by atoms with E-state index in [1.807, 2.05) is 4.90 Å². The SMILES string of the molecule is CC(C(=O)N1CCCCC1)N1CC(O)CC1=O. The van der Waals surface area contributed by atoms with E-state index in [-0.39, 0.29) is 18.2 Å². The van der Waals surface area contributed by atoms with Crippen LogP contribution in [0.4, 0.5) is 0 Å². The maximum Gasteiger partial charge on any atom is 0.245 e. The Hall–Kier alpha value is -1.10. The van der Waals surface area contributed by atoms with Crippen LogP contribution in [0.25, 0.3) is 0 Å². The Balaban J connectivity index is 1.96. The van der Waals surface area contributed by atoms with Crippen molar-refractivity contribution in [1.29, 1.82) is 0 Å². The Morgan fingerprint density at radius 2 is 2.00 bits per heavy atom. The van der Waals surface area contributed by atoms with Gasteiger partial charge in [0.05, 0.1) is 12.5 Å². The Morgan fingerprint density at radius 3 is 2.53 bits per heavy atom. The summed E-state index contributed by atoms with van der Waals surface area (Å²) in [5.74, 6) is -0.0949. The summed E-state index contributed by atoms with van der Waals surface area (Å²) in [6, 6.07) is -0.433. The van der Waals surface area contributed by atoms with E-state index in [2.05, 4.69) is 0 Å². The first-order chi connectivity index (χ1) is 8.09. The normalized spacial score (nSPS) is 27.4. The smallest absolute Gasteiger partial charge is 0.245 e. The Labute approximate surface area is 101 Å². The van der Waals surface area contributed by atoms with Gasteiger partial charge in [-0.05, 0) is 26.2 Å². The van der Waals surface area contributed by atoms with E-state index in [4.69, 9.17) is 0 Å². The molecular weight excluding hydrogens is 220 g/mol. The van der Waals surface area contributed by atoms with E-state index in [9.17, 15) is 14.7 Å². The van der Waals surface area contributed by atoms with Crippen LogP contribution in [0.2, 0.25) is 0 Å². The van der Waals surface area contributed by atoms with Crippen LogP contribution in [-0.2, 0) is 9.59 Å². The zero-order chi connectivity index (χ0) is 12.4. The molecule has 96 valence electrons. The number of piperidine rings is 1. The van der Waals surface area contributed by atoms with E-state index in [0.717, 1.165) is 25.9 Å². The standard InChI is InChI=1S/C12H20N2O3/c1-9(14-8-10(15)7-11(14)16)12(17)13-5-3-2-4-6-13/h9-10,15H,2-8H2,1H3. The van der Waals surface area contributed by atoms with Gasteiger partial charge in [-0.25, -0.2) is 0 Å². The number of carbonyl (C=O) groups is 2. The number of β-amino-alcohol motifs (C(OH)–C–C–N with tert-alkyl or cyclic N) is 1. The van der Waals surface area contributed by atoms with Crippen molar-refractivity contribution in [2.24, 2.45) is 0 Å². The molecule has 1 N–H and O–H groups in total. The summed E-state index contributed by atoms with van der Waals surface area (Å²) in [7, 11) is 0. The van der Waals surface area contributed by atoms with Crippen LogP contribution in [0.3, 0.4) is 0 Å². The lowest BCUT2D eigenvalue weighted by Crippen LogP contribution is -2.49. The largest absolute Gasteiger partial charge is 0.391 e. The second-order valence-corrected chi connectivity index (χ2v) is 4.97. The highest BCUT2D eigenvalue weighted by Crippen LogP contribution is 2.17. The lowest BCUT2D eigenvalue weighted by Gasteiger charge is -2.32. The van der Waals surface area contributed by atoms with Gasteiger partial charge in [0.15, 0.2) is 0 Å². The van der Waals surface area contributed by atoms with E-state index >= 15 is 0 Å². The Bertz CT molecular complexity index is 313. The number of amides is 2. The first-order valence-corrected chi connectivity index (χ1v) is 6.36. The second-order valence-electron chi connectivity index (χ2n) is 4.97. The molecule has 5 nitrogen and oxygen atoms in total. The third-order valence-electron chi connectivity index (χ3n) is 3.63. The molecular formula is C12H20N2O3. The topological polar surface area (TPSA) is 60.9 Å². The monoisotopic (exact) mass is 240 g/mol. The summed E-state index contributed by atoms with van der Waals surface area (Å²) in [5.41, 5.74) is 0. The quantitative estimate of drug-likeness (QED) is 0.738. The van der Waals surface area contributed by atoms with Crippen LogP contribution in [0.5, 0.6) is 0 Å². The van der Waals surface area contributed by atoms with Crippen molar-refractivity contribution in [1.82, 2.24) is 9.80 Å². The minimum atomic E-state index is -0.612. The zero-order valence-corrected chi connectivity index (χ0v) is 10.3. The van der Waals surface area contributed by atoms with Gasteiger partial charge in [-0.2, -0.15) is 0 Å². The third-order valence-corrected chi connectivity index (χ3v) is 3.63. The molecule has 0 saturated carbocycles. The summed E-state index contributed by atoms with van der Waals surface area (Å²) in [4.78, 5) is 27.1. The van der Waals surface area contributed by atoms with Gasteiger partial charge >= 0.3 is 0 Å². The number of aliphatic hydroxyl groups excluding tert-OH is 1. The van der Waals surface area contributed by atoms with Crippen molar-refractivity contribution in [2.45, 2.75) is 44.8 Å². The van der Waals surface area contributed by atoms with Crippen LogP contribution >= 0.6 is 0 Å². The lowest BCUT2D eigenvalue weighted by molar-refractivity contribution is -0.143. The highest BCUT2D eigenvalue weighted by molar-refractivity contribution is 5.88. The molecule has 2 aliphatic rings. The number of likely N-dealkylation sites (tertiary alicyclic amines) is 2. The van der Waals surface area contributed by atoms with Crippen molar-refractivity contribution < 1.29 is 14.7 Å². The molecule has 2 rings (SSSR count). The zero-order valence-electron chi connectivity index (χ0n) is 10.3. The van der Waals surface area contributed by atoms with Crippen molar-refractivity contribution in [3.05, 3.63) is 0 Å². The Morgan fingerprint density at radius 1 is 1.35 bits per heavy atom. The molecule has 0 aliphatic carbocycles. The first kappa shape index (κ1) is 12.4.